The molecule has 1 amide bonds. The lowest BCUT2D eigenvalue weighted by atomic mass is 9.97. The van der Waals surface area contributed by atoms with Crippen LogP contribution in [0.5, 0.6) is 0 Å². The van der Waals surface area contributed by atoms with Gasteiger partial charge in [-0.05, 0) is 17.4 Å². The molecular weight excluding hydrogens is 384 g/mol. The minimum Gasteiger partial charge on any atom is -0.464 e. The van der Waals surface area contributed by atoms with Crippen LogP contribution in [0.2, 0.25) is 0 Å². The van der Waals surface area contributed by atoms with Crippen molar-refractivity contribution in [2.24, 2.45) is 11.3 Å². The molecule has 8 heteroatoms. The van der Waals surface area contributed by atoms with Crippen LogP contribution < -0.4 is 10.6 Å². The van der Waals surface area contributed by atoms with E-state index in [4.69, 9.17) is 9.47 Å². The van der Waals surface area contributed by atoms with Gasteiger partial charge in [0.05, 0.1) is 31.3 Å². The van der Waals surface area contributed by atoms with Gasteiger partial charge in [-0.1, -0.05) is 34.6 Å². The molecule has 166 valence electrons. The van der Waals surface area contributed by atoms with Crippen LogP contribution in [0.15, 0.2) is 12.3 Å². The van der Waals surface area contributed by atoms with Crippen LogP contribution in [0.3, 0.4) is 0 Å². The van der Waals surface area contributed by atoms with Crippen molar-refractivity contribution < 1.29 is 19.1 Å². The van der Waals surface area contributed by atoms with Gasteiger partial charge in [-0.25, -0.2) is 9.78 Å². The Labute approximate surface area is 178 Å². The van der Waals surface area contributed by atoms with E-state index in [1.165, 1.54) is 7.11 Å². The van der Waals surface area contributed by atoms with E-state index >= 15 is 0 Å². The second-order valence-corrected chi connectivity index (χ2v) is 9.02. The SMILES string of the molecule is COCCn1c(C(=O)OC)c(NC(=O)CC(C)C)c2cc(NCC(C)(C)C)cnc21. The molecule has 30 heavy (non-hydrogen) atoms. The number of hydrogen-bond acceptors (Lipinski definition) is 6. The zero-order valence-electron chi connectivity index (χ0n) is 19.1. The minimum absolute atomic E-state index is 0.0881. The van der Waals surface area contributed by atoms with Crippen LogP contribution >= 0.6 is 0 Å². The molecule has 0 saturated carbocycles. The summed E-state index contributed by atoms with van der Waals surface area (Å²) in [6.07, 6.45) is 2.08. The summed E-state index contributed by atoms with van der Waals surface area (Å²) in [6.45, 7) is 11.9. The van der Waals surface area contributed by atoms with E-state index in [1.807, 2.05) is 19.9 Å². The molecule has 0 saturated heterocycles. The predicted octanol–water partition coefficient (Wildman–Crippen LogP) is 3.91. The summed E-state index contributed by atoms with van der Waals surface area (Å²) < 4.78 is 12.0. The number of aromatic nitrogens is 2. The molecule has 0 fully saturated rings. The van der Waals surface area contributed by atoms with Gasteiger partial charge in [0.25, 0.3) is 0 Å². The number of amides is 1. The van der Waals surface area contributed by atoms with Crippen LogP contribution in [0.1, 0.15) is 51.5 Å². The fourth-order valence-electron chi connectivity index (χ4n) is 3.09. The monoisotopic (exact) mass is 418 g/mol. The first-order valence-corrected chi connectivity index (χ1v) is 10.2. The zero-order valence-corrected chi connectivity index (χ0v) is 19.1. The third kappa shape index (κ3) is 5.95. The quantitative estimate of drug-likeness (QED) is 0.600. The van der Waals surface area contributed by atoms with Gasteiger partial charge in [-0.3, -0.25) is 4.79 Å². The number of methoxy groups -OCH3 is 2. The van der Waals surface area contributed by atoms with Crippen molar-refractivity contribution in [1.82, 2.24) is 9.55 Å². The third-order valence-corrected chi connectivity index (χ3v) is 4.48. The van der Waals surface area contributed by atoms with E-state index in [-0.39, 0.29) is 22.9 Å². The minimum atomic E-state index is -0.534. The summed E-state index contributed by atoms with van der Waals surface area (Å²) in [5.41, 5.74) is 2.18. The number of nitrogens with zero attached hydrogens (tertiary/aromatic N) is 2. The van der Waals surface area contributed by atoms with Gasteiger partial charge in [0, 0.05) is 32.0 Å². The molecule has 2 aromatic rings. The number of carbonyl (C=O) groups is 2. The van der Waals surface area contributed by atoms with Gasteiger partial charge in [-0.15, -0.1) is 0 Å². The Morgan fingerprint density at radius 2 is 1.93 bits per heavy atom. The molecule has 2 N–H and O–H groups in total. The van der Waals surface area contributed by atoms with Crippen molar-refractivity contribution in [3.8, 4) is 0 Å². The Morgan fingerprint density at radius 3 is 2.50 bits per heavy atom. The first-order valence-electron chi connectivity index (χ1n) is 10.2. The van der Waals surface area contributed by atoms with Crippen LogP contribution in [-0.2, 0) is 20.8 Å². The average molecular weight is 419 g/mol. The predicted molar refractivity (Wildman–Crippen MR) is 119 cm³/mol. The molecule has 0 radical (unpaired) electrons. The van der Waals surface area contributed by atoms with Crippen molar-refractivity contribution in [2.75, 3.05) is 38.0 Å². The molecule has 0 bridgehead atoms. The first-order chi connectivity index (χ1) is 14.1. The average Bonchev–Trinajstić information content (AvgIpc) is 2.95. The number of nitrogens with one attached hydrogen (secondary N) is 2. The van der Waals surface area contributed by atoms with E-state index in [0.717, 1.165) is 12.2 Å². The standard InChI is InChI=1S/C22H34N4O4/c1-14(2)10-17(27)25-18-16-11-15(24-13-22(3,4)5)12-23-20(16)26(8-9-29-6)19(18)21(28)30-7/h11-12,14,24H,8-10,13H2,1-7H3,(H,25,27). The van der Waals surface area contributed by atoms with Crippen LogP contribution in [0.4, 0.5) is 11.4 Å². The highest BCUT2D eigenvalue weighted by Crippen LogP contribution is 2.33. The zero-order chi connectivity index (χ0) is 22.5. The Bertz CT molecular complexity index is 897. The van der Waals surface area contributed by atoms with Crippen LogP contribution in [0.25, 0.3) is 11.0 Å². The van der Waals surface area contributed by atoms with Crippen molar-refractivity contribution in [3.05, 3.63) is 18.0 Å². The molecule has 0 aromatic carbocycles. The van der Waals surface area contributed by atoms with Gasteiger partial charge in [0.15, 0.2) is 5.69 Å². The smallest absolute Gasteiger partial charge is 0.356 e. The van der Waals surface area contributed by atoms with Gasteiger partial charge >= 0.3 is 5.97 Å². The summed E-state index contributed by atoms with van der Waals surface area (Å²) in [5, 5.41) is 6.99. The van der Waals surface area contributed by atoms with Crippen molar-refractivity contribution >= 4 is 34.3 Å². The van der Waals surface area contributed by atoms with E-state index in [0.29, 0.717) is 36.3 Å². The molecule has 2 aromatic heterocycles. The lowest BCUT2D eigenvalue weighted by molar-refractivity contribution is -0.116. The number of pyridine rings is 1. The number of hydrogen-bond donors (Lipinski definition) is 2. The first kappa shape index (κ1) is 23.7. The van der Waals surface area contributed by atoms with Gasteiger partial charge in [0.2, 0.25) is 5.91 Å². The highest BCUT2D eigenvalue weighted by Gasteiger charge is 2.26. The van der Waals surface area contributed by atoms with Gasteiger partial charge in [0.1, 0.15) is 5.65 Å². The Hall–Kier alpha value is -2.61. The number of carbonyl (C=O) groups excluding carboxylic acids is 2. The highest BCUT2D eigenvalue weighted by atomic mass is 16.5. The lowest BCUT2D eigenvalue weighted by Crippen LogP contribution is -2.19. The lowest BCUT2D eigenvalue weighted by Gasteiger charge is -2.19. The molecule has 2 rings (SSSR count). The molecule has 0 spiro atoms. The third-order valence-electron chi connectivity index (χ3n) is 4.48. The molecule has 0 aliphatic carbocycles. The van der Waals surface area contributed by atoms with Gasteiger partial charge < -0.3 is 24.7 Å². The largest absolute Gasteiger partial charge is 0.464 e. The Balaban J connectivity index is 2.61. The highest BCUT2D eigenvalue weighted by molar-refractivity contribution is 6.11. The molecule has 0 aliphatic heterocycles. The van der Waals surface area contributed by atoms with E-state index in [2.05, 4.69) is 36.4 Å². The molecular formula is C22H34N4O4. The number of esters is 1. The topological polar surface area (TPSA) is 94.5 Å². The Kier molecular flexibility index (Phi) is 7.83. The number of anilines is 2. The molecule has 2 heterocycles. The Morgan fingerprint density at radius 1 is 1.23 bits per heavy atom. The van der Waals surface area contributed by atoms with Crippen molar-refractivity contribution in [2.45, 2.75) is 47.6 Å². The fourth-order valence-corrected chi connectivity index (χ4v) is 3.09. The number of fused-ring (bicyclic) bond motifs is 1. The van der Waals surface area contributed by atoms with E-state index in [1.54, 1.807) is 17.9 Å². The van der Waals surface area contributed by atoms with Crippen LogP contribution in [0, 0.1) is 11.3 Å². The summed E-state index contributed by atoms with van der Waals surface area (Å²) in [5.74, 6) is -0.502. The second-order valence-electron chi connectivity index (χ2n) is 9.02. The van der Waals surface area contributed by atoms with Crippen molar-refractivity contribution in [1.29, 1.82) is 0 Å². The van der Waals surface area contributed by atoms with E-state index < -0.39 is 5.97 Å². The summed E-state index contributed by atoms with van der Waals surface area (Å²) in [6, 6.07) is 1.91. The molecule has 8 nitrogen and oxygen atoms in total. The normalized spacial score (nSPS) is 11.7. The molecule has 0 aliphatic rings. The maximum atomic E-state index is 12.7. The fraction of sp³-hybridized carbons (Fsp3) is 0.591. The van der Waals surface area contributed by atoms with Gasteiger partial charge in [-0.2, -0.15) is 0 Å². The molecule has 0 atom stereocenters. The van der Waals surface area contributed by atoms with Crippen LogP contribution in [-0.4, -0.2) is 48.8 Å². The maximum absolute atomic E-state index is 12.7. The number of ether oxygens (including phenoxy) is 2. The summed E-state index contributed by atoms with van der Waals surface area (Å²) in [4.78, 5) is 29.8. The number of rotatable bonds is 9. The maximum Gasteiger partial charge on any atom is 0.356 e. The van der Waals surface area contributed by atoms with Crippen molar-refractivity contribution in [3.63, 3.8) is 0 Å². The molecule has 0 unspecified atom stereocenters. The van der Waals surface area contributed by atoms with E-state index in [9.17, 15) is 9.59 Å². The summed E-state index contributed by atoms with van der Waals surface area (Å²) >= 11 is 0. The summed E-state index contributed by atoms with van der Waals surface area (Å²) in [7, 11) is 2.92. The second kappa shape index (κ2) is 9.93.